The van der Waals surface area contributed by atoms with Crippen molar-refractivity contribution in [1.82, 2.24) is 4.57 Å². The molecule has 5 nitrogen and oxygen atoms in total. The molecule has 16 heavy (non-hydrogen) atoms. The lowest BCUT2D eigenvalue weighted by Gasteiger charge is -2.03. The highest BCUT2D eigenvalue weighted by molar-refractivity contribution is 5.74. The predicted octanol–water partition coefficient (Wildman–Crippen LogP) is 0.337. The van der Waals surface area contributed by atoms with Crippen LogP contribution in [-0.2, 0) is 6.54 Å². The molecule has 2 rings (SSSR count). The second-order valence-electron chi connectivity index (χ2n) is 3.40. The normalized spacial score (nSPS) is 10.8. The van der Waals surface area contributed by atoms with Gasteiger partial charge in [-0.3, -0.25) is 4.79 Å². The number of hydrogen-bond donors (Lipinski definition) is 1. The van der Waals surface area contributed by atoms with Gasteiger partial charge in [-0.25, -0.2) is 9.36 Å². The van der Waals surface area contributed by atoms with Crippen LogP contribution >= 0.6 is 0 Å². The van der Waals surface area contributed by atoms with E-state index in [2.05, 4.69) is 0 Å². The Kier molecular flexibility index (Phi) is 2.87. The van der Waals surface area contributed by atoms with Crippen molar-refractivity contribution in [2.75, 3.05) is 6.61 Å². The van der Waals surface area contributed by atoms with Crippen molar-refractivity contribution in [3.8, 4) is 0 Å². The Morgan fingerprint density at radius 1 is 1.25 bits per heavy atom. The van der Waals surface area contributed by atoms with Gasteiger partial charge < -0.3 is 9.52 Å². The van der Waals surface area contributed by atoms with E-state index < -0.39 is 5.76 Å². The summed E-state index contributed by atoms with van der Waals surface area (Å²) >= 11 is 0. The summed E-state index contributed by atoms with van der Waals surface area (Å²) in [6, 6.07) is 6.59. The molecular formula is C11H11NO4. The van der Waals surface area contributed by atoms with E-state index in [1.54, 1.807) is 24.3 Å². The van der Waals surface area contributed by atoms with Crippen LogP contribution in [0.2, 0.25) is 0 Å². The summed E-state index contributed by atoms with van der Waals surface area (Å²) in [5.74, 6) is -0.683. The summed E-state index contributed by atoms with van der Waals surface area (Å²) in [7, 11) is 0. The van der Waals surface area contributed by atoms with Crippen LogP contribution in [0.3, 0.4) is 0 Å². The number of aliphatic hydroxyl groups is 1. The molecule has 1 N–H and O–H groups in total. The smallest absolute Gasteiger partial charge is 0.409 e. The fourth-order valence-electron chi connectivity index (χ4n) is 1.53. The zero-order valence-corrected chi connectivity index (χ0v) is 8.55. The molecule has 2 aromatic rings. The Balaban J connectivity index is 2.66. The van der Waals surface area contributed by atoms with Gasteiger partial charge in [0.05, 0.1) is 5.39 Å². The van der Waals surface area contributed by atoms with Gasteiger partial charge in [0.2, 0.25) is 0 Å². The fourth-order valence-corrected chi connectivity index (χ4v) is 1.53. The van der Waals surface area contributed by atoms with Gasteiger partial charge >= 0.3 is 5.76 Å². The maximum atomic E-state index is 11.9. The lowest BCUT2D eigenvalue weighted by molar-refractivity contribution is 0.275. The quantitative estimate of drug-likeness (QED) is 0.811. The molecule has 0 spiro atoms. The van der Waals surface area contributed by atoms with Crippen LogP contribution in [0.15, 0.2) is 38.3 Å². The number of hydrogen-bond acceptors (Lipinski definition) is 4. The summed E-state index contributed by atoms with van der Waals surface area (Å²) in [6.07, 6.45) is 0.350. The first-order valence-electron chi connectivity index (χ1n) is 4.97. The lowest BCUT2D eigenvalue weighted by Crippen LogP contribution is -2.32. The van der Waals surface area contributed by atoms with E-state index in [9.17, 15) is 9.59 Å². The number of aromatic nitrogens is 1. The van der Waals surface area contributed by atoms with E-state index in [1.807, 2.05) is 0 Å². The van der Waals surface area contributed by atoms with Gasteiger partial charge in [-0.2, -0.15) is 0 Å². The minimum atomic E-state index is -0.683. The summed E-state index contributed by atoms with van der Waals surface area (Å²) < 4.78 is 5.99. The van der Waals surface area contributed by atoms with Crippen LogP contribution in [0.25, 0.3) is 11.0 Å². The molecule has 0 aliphatic rings. The number of fused-ring (bicyclic) bond motifs is 1. The molecule has 1 heterocycles. The minimum absolute atomic E-state index is 0.0707. The minimum Gasteiger partial charge on any atom is -0.409 e. The molecular weight excluding hydrogens is 210 g/mol. The molecule has 0 bridgehead atoms. The Labute approximate surface area is 90.6 Å². The lowest BCUT2D eigenvalue weighted by atomic mass is 10.2. The maximum absolute atomic E-state index is 11.9. The predicted molar refractivity (Wildman–Crippen MR) is 58.4 cm³/mol. The van der Waals surface area contributed by atoms with Crippen LogP contribution in [0, 0.1) is 0 Å². The van der Waals surface area contributed by atoms with E-state index in [-0.39, 0.29) is 24.3 Å². The second kappa shape index (κ2) is 4.32. The summed E-state index contributed by atoms with van der Waals surface area (Å²) in [5.41, 5.74) is -0.0851. The Bertz CT molecular complexity index is 611. The Morgan fingerprint density at radius 3 is 2.75 bits per heavy atom. The van der Waals surface area contributed by atoms with Crippen LogP contribution in [-0.4, -0.2) is 16.3 Å². The van der Waals surface area contributed by atoms with Gasteiger partial charge in [0.15, 0.2) is 0 Å². The summed E-state index contributed by atoms with van der Waals surface area (Å²) in [5, 5.41) is 9.05. The van der Waals surface area contributed by atoms with Crippen molar-refractivity contribution in [3.05, 3.63) is 45.2 Å². The van der Waals surface area contributed by atoms with Crippen molar-refractivity contribution in [1.29, 1.82) is 0 Å². The van der Waals surface area contributed by atoms with Gasteiger partial charge in [0, 0.05) is 13.2 Å². The van der Waals surface area contributed by atoms with Crippen LogP contribution in [0.1, 0.15) is 6.42 Å². The Hall–Kier alpha value is -1.88. The molecule has 0 fully saturated rings. The third kappa shape index (κ3) is 1.77. The summed E-state index contributed by atoms with van der Waals surface area (Å²) in [6.45, 7) is 0.0984. The molecule has 0 atom stereocenters. The highest BCUT2D eigenvalue weighted by Gasteiger charge is 2.07. The molecule has 0 saturated carbocycles. The first kappa shape index (κ1) is 10.6. The SMILES string of the molecule is O=c1oc2ccccc2c(=O)n1CCCO. The highest BCUT2D eigenvalue weighted by Crippen LogP contribution is 2.05. The van der Waals surface area contributed by atoms with Gasteiger partial charge in [-0.15, -0.1) is 0 Å². The van der Waals surface area contributed by atoms with Crippen molar-refractivity contribution in [2.24, 2.45) is 0 Å². The zero-order valence-electron chi connectivity index (χ0n) is 8.55. The van der Waals surface area contributed by atoms with Gasteiger partial charge in [-0.05, 0) is 18.6 Å². The van der Waals surface area contributed by atoms with Crippen LogP contribution in [0.5, 0.6) is 0 Å². The van der Waals surface area contributed by atoms with Crippen molar-refractivity contribution in [2.45, 2.75) is 13.0 Å². The van der Waals surface area contributed by atoms with Crippen molar-refractivity contribution < 1.29 is 9.52 Å². The fraction of sp³-hybridized carbons (Fsp3) is 0.273. The van der Waals surface area contributed by atoms with Gasteiger partial charge in [-0.1, -0.05) is 12.1 Å². The van der Waals surface area contributed by atoms with E-state index >= 15 is 0 Å². The third-order valence-electron chi connectivity index (χ3n) is 2.32. The molecule has 84 valence electrons. The zero-order chi connectivity index (χ0) is 11.5. The Morgan fingerprint density at radius 2 is 2.00 bits per heavy atom. The second-order valence-corrected chi connectivity index (χ2v) is 3.40. The number of aliphatic hydroxyl groups excluding tert-OH is 1. The maximum Gasteiger partial charge on any atom is 0.422 e. The average molecular weight is 221 g/mol. The van der Waals surface area contributed by atoms with Crippen LogP contribution < -0.4 is 11.3 Å². The monoisotopic (exact) mass is 221 g/mol. The average Bonchev–Trinajstić information content (AvgIpc) is 2.29. The number of rotatable bonds is 3. The molecule has 1 aromatic heterocycles. The van der Waals surface area contributed by atoms with Crippen molar-refractivity contribution in [3.63, 3.8) is 0 Å². The number of benzene rings is 1. The first-order valence-corrected chi connectivity index (χ1v) is 4.97. The topological polar surface area (TPSA) is 72.4 Å². The van der Waals surface area contributed by atoms with E-state index in [0.717, 1.165) is 4.57 Å². The van der Waals surface area contributed by atoms with E-state index in [0.29, 0.717) is 11.8 Å². The highest BCUT2D eigenvalue weighted by atomic mass is 16.4. The number of para-hydroxylation sites is 1. The molecule has 0 aliphatic heterocycles. The largest absolute Gasteiger partial charge is 0.422 e. The van der Waals surface area contributed by atoms with E-state index in [1.165, 1.54) is 0 Å². The molecule has 0 saturated heterocycles. The molecule has 5 heteroatoms. The first-order chi connectivity index (χ1) is 7.74. The molecule has 1 aromatic carbocycles. The standard InChI is InChI=1S/C11H11NO4/c13-7-3-6-12-10(14)8-4-1-2-5-9(8)16-11(12)15/h1-2,4-5,13H,3,6-7H2. The number of nitrogens with zero attached hydrogens (tertiary/aromatic N) is 1. The third-order valence-corrected chi connectivity index (χ3v) is 2.32. The molecule has 0 aliphatic carbocycles. The van der Waals surface area contributed by atoms with Gasteiger partial charge in [0.25, 0.3) is 5.56 Å². The molecule has 0 radical (unpaired) electrons. The van der Waals surface area contributed by atoms with Crippen LogP contribution in [0.4, 0.5) is 0 Å². The van der Waals surface area contributed by atoms with Gasteiger partial charge in [0.1, 0.15) is 5.58 Å². The van der Waals surface area contributed by atoms with Crippen molar-refractivity contribution >= 4 is 11.0 Å². The summed E-state index contributed by atoms with van der Waals surface area (Å²) in [4.78, 5) is 23.4. The molecule has 0 unspecified atom stereocenters. The molecule has 0 amide bonds. The van der Waals surface area contributed by atoms with E-state index in [4.69, 9.17) is 9.52 Å².